The molecule has 2 aromatic carbocycles. The van der Waals surface area contributed by atoms with Gasteiger partial charge in [-0.05, 0) is 42.5 Å². The minimum atomic E-state index is -0.678. The fraction of sp³-hybridized carbons (Fsp3) is 0. The lowest BCUT2D eigenvalue weighted by Crippen LogP contribution is -2.19. The SMILES string of the molecule is NC(=O)Nc1ccc(NC(=O)c2cc(Br)ccc2F)cc1. The van der Waals surface area contributed by atoms with Gasteiger partial charge in [-0.2, -0.15) is 0 Å². The van der Waals surface area contributed by atoms with E-state index in [0.717, 1.165) is 0 Å². The zero-order chi connectivity index (χ0) is 15.4. The van der Waals surface area contributed by atoms with E-state index in [1.54, 1.807) is 24.3 Å². The molecule has 0 unspecified atom stereocenters. The predicted molar refractivity (Wildman–Crippen MR) is 81.7 cm³/mol. The normalized spacial score (nSPS) is 10.0. The molecule has 0 saturated heterocycles. The highest BCUT2D eigenvalue weighted by atomic mass is 79.9. The first-order valence-electron chi connectivity index (χ1n) is 5.88. The number of hydrogen-bond acceptors (Lipinski definition) is 2. The van der Waals surface area contributed by atoms with Crippen LogP contribution in [0, 0.1) is 5.82 Å². The Hall–Kier alpha value is -2.41. The highest BCUT2D eigenvalue weighted by Crippen LogP contribution is 2.18. The molecule has 3 amide bonds. The van der Waals surface area contributed by atoms with E-state index < -0.39 is 17.8 Å². The average Bonchev–Trinajstić information content (AvgIpc) is 2.43. The molecule has 0 radical (unpaired) electrons. The topological polar surface area (TPSA) is 84.2 Å². The molecular weight excluding hydrogens is 341 g/mol. The molecule has 2 rings (SSSR count). The zero-order valence-electron chi connectivity index (χ0n) is 10.7. The molecule has 0 aliphatic heterocycles. The quantitative estimate of drug-likeness (QED) is 0.792. The molecular formula is C14H11BrFN3O2. The molecule has 21 heavy (non-hydrogen) atoms. The van der Waals surface area contributed by atoms with Crippen LogP contribution in [-0.4, -0.2) is 11.9 Å². The van der Waals surface area contributed by atoms with Crippen LogP contribution in [0.1, 0.15) is 10.4 Å². The van der Waals surface area contributed by atoms with Crippen molar-refractivity contribution in [1.29, 1.82) is 0 Å². The van der Waals surface area contributed by atoms with Crippen LogP contribution in [0.2, 0.25) is 0 Å². The van der Waals surface area contributed by atoms with E-state index in [0.29, 0.717) is 15.8 Å². The Bertz CT molecular complexity index is 689. The van der Waals surface area contributed by atoms with Crippen molar-refractivity contribution in [3.63, 3.8) is 0 Å². The van der Waals surface area contributed by atoms with Gasteiger partial charge >= 0.3 is 6.03 Å². The molecule has 0 bridgehead atoms. The number of carbonyl (C=O) groups excluding carboxylic acids is 2. The fourth-order valence-corrected chi connectivity index (χ4v) is 2.01. The van der Waals surface area contributed by atoms with Crippen molar-refractivity contribution >= 4 is 39.2 Å². The molecule has 0 spiro atoms. The Morgan fingerprint density at radius 3 is 2.14 bits per heavy atom. The van der Waals surface area contributed by atoms with Crippen LogP contribution in [0.15, 0.2) is 46.9 Å². The summed E-state index contributed by atoms with van der Waals surface area (Å²) in [5.74, 6) is -1.17. The summed E-state index contributed by atoms with van der Waals surface area (Å²) in [5.41, 5.74) is 5.88. The molecule has 4 N–H and O–H groups in total. The van der Waals surface area contributed by atoms with Gasteiger partial charge in [0.25, 0.3) is 5.91 Å². The lowest BCUT2D eigenvalue weighted by molar-refractivity contribution is 0.102. The number of nitrogens with one attached hydrogen (secondary N) is 2. The van der Waals surface area contributed by atoms with Gasteiger partial charge in [-0.15, -0.1) is 0 Å². The number of primary amides is 1. The van der Waals surface area contributed by atoms with E-state index in [9.17, 15) is 14.0 Å². The van der Waals surface area contributed by atoms with Crippen molar-refractivity contribution < 1.29 is 14.0 Å². The van der Waals surface area contributed by atoms with Crippen molar-refractivity contribution in [2.75, 3.05) is 10.6 Å². The van der Waals surface area contributed by atoms with Gasteiger partial charge in [0.1, 0.15) is 5.82 Å². The third kappa shape index (κ3) is 4.03. The van der Waals surface area contributed by atoms with Crippen molar-refractivity contribution in [3.8, 4) is 0 Å². The summed E-state index contributed by atoms with van der Waals surface area (Å²) in [6, 6.07) is 9.71. The number of nitrogens with two attached hydrogens (primary N) is 1. The maximum Gasteiger partial charge on any atom is 0.316 e. The van der Waals surface area contributed by atoms with Crippen molar-refractivity contribution in [2.45, 2.75) is 0 Å². The van der Waals surface area contributed by atoms with Crippen LogP contribution >= 0.6 is 15.9 Å². The summed E-state index contributed by atoms with van der Waals surface area (Å²) in [4.78, 5) is 22.7. The third-order valence-corrected chi connectivity index (χ3v) is 3.08. The number of carbonyl (C=O) groups is 2. The van der Waals surface area contributed by atoms with Crippen molar-refractivity contribution in [1.82, 2.24) is 0 Å². The second kappa shape index (κ2) is 6.36. The largest absolute Gasteiger partial charge is 0.351 e. The van der Waals surface area contributed by atoms with Crippen LogP contribution < -0.4 is 16.4 Å². The van der Waals surface area contributed by atoms with Gasteiger partial charge in [0.2, 0.25) is 0 Å². The minimum Gasteiger partial charge on any atom is -0.351 e. The Balaban J connectivity index is 2.12. The molecule has 0 aliphatic rings. The Kier molecular flexibility index (Phi) is 4.54. The van der Waals surface area contributed by atoms with Crippen LogP contribution in [0.25, 0.3) is 0 Å². The number of hydrogen-bond donors (Lipinski definition) is 3. The van der Waals surface area contributed by atoms with E-state index in [4.69, 9.17) is 5.73 Å². The first-order chi connectivity index (χ1) is 9.95. The number of amides is 3. The summed E-state index contributed by atoms with van der Waals surface area (Å²) >= 11 is 3.18. The van der Waals surface area contributed by atoms with Crippen LogP contribution in [0.3, 0.4) is 0 Å². The average molecular weight is 352 g/mol. The summed E-state index contributed by atoms with van der Waals surface area (Å²) in [7, 11) is 0. The second-order valence-electron chi connectivity index (χ2n) is 4.14. The predicted octanol–water partition coefficient (Wildman–Crippen LogP) is 3.33. The monoisotopic (exact) mass is 351 g/mol. The fourth-order valence-electron chi connectivity index (χ4n) is 1.65. The molecule has 0 fully saturated rings. The summed E-state index contributed by atoms with van der Waals surface area (Å²) < 4.78 is 14.2. The van der Waals surface area contributed by atoms with E-state index in [1.807, 2.05) is 0 Å². The van der Waals surface area contributed by atoms with E-state index in [-0.39, 0.29) is 5.56 Å². The lowest BCUT2D eigenvalue weighted by Gasteiger charge is -2.08. The molecule has 0 atom stereocenters. The van der Waals surface area contributed by atoms with Crippen LogP contribution in [-0.2, 0) is 0 Å². The van der Waals surface area contributed by atoms with E-state index in [2.05, 4.69) is 26.6 Å². The third-order valence-electron chi connectivity index (χ3n) is 2.58. The molecule has 5 nitrogen and oxygen atoms in total. The van der Waals surface area contributed by atoms with Gasteiger partial charge in [0, 0.05) is 15.8 Å². The van der Waals surface area contributed by atoms with Crippen molar-refractivity contribution in [3.05, 3.63) is 58.3 Å². The highest BCUT2D eigenvalue weighted by molar-refractivity contribution is 9.10. The smallest absolute Gasteiger partial charge is 0.316 e. The lowest BCUT2D eigenvalue weighted by atomic mass is 10.2. The summed E-state index contributed by atoms with van der Waals surface area (Å²) in [5, 5.41) is 4.96. The molecule has 7 heteroatoms. The molecule has 0 saturated carbocycles. The maximum absolute atomic E-state index is 13.6. The number of halogens is 2. The molecule has 0 aliphatic carbocycles. The van der Waals surface area contributed by atoms with Gasteiger partial charge in [0.15, 0.2) is 0 Å². The maximum atomic E-state index is 13.6. The Labute approximate surface area is 128 Å². The molecule has 108 valence electrons. The standard InChI is InChI=1S/C14H11BrFN3O2/c15-8-1-6-12(16)11(7-8)13(20)18-9-2-4-10(5-3-9)19-14(17)21/h1-7H,(H,18,20)(H3,17,19,21). The van der Waals surface area contributed by atoms with Gasteiger partial charge in [-0.25, -0.2) is 9.18 Å². The summed E-state index contributed by atoms with van der Waals surface area (Å²) in [6.07, 6.45) is 0. The first-order valence-corrected chi connectivity index (χ1v) is 6.68. The number of urea groups is 1. The second-order valence-corrected chi connectivity index (χ2v) is 5.06. The number of benzene rings is 2. The first kappa shape index (κ1) is 15.0. The van der Waals surface area contributed by atoms with E-state index >= 15 is 0 Å². The number of rotatable bonds is 3. The van der Waals surface area contributed by atoms with Crippen LogP contribution in [0.5, 0.6) is 0 Å². The molecule has 2 aromatic rings. The molecule has 0 aromatic heterocycles. The summed E-state index contributed by atoms with van der Waals surface area (Å²) in [6.45, 7) is 0. The van der Waals surface area contributed by atoms with Crippen LogP contribution in [0.4, 0.5) is 20.6 Å². The van der Waals surface area contributed by atoms with Gasteiger partial charge in [-0.1, -0.05) is 15.9 Å². The number of anilines is 2. The Morgan fingerprint density at radius 1 is 1.00 bits per heavy atom. The van der Waals surface area contributed by atoms with Crippen molar-refractivity contribution in [2.24, 2.45) is 5.73 Å². The van der Waals surface area contributed by atoms with E-state index in [1.165, 1.54) is 18.2 Å². The van der Waals surface area contributed by atoms with Gasteiger partial charge < -0.3 is 16.4 Å². The zero-order valence-corrected chi connectivity index (χ0v) is 12.3. The van der Waals surface area contributed by atoms with Gasteiger partial charge in [-0.3, -0.25) is 4.79 Å². The molecule has 0 heterocycles. The Morgan fingerprint density at radius 2 is 1.57 bits per heavy atom. The minimum absolute atomic E-state index is 0.0660. The van der Waals surface area contributed by atoms with Gasteiger partial charge in [0.05, 0.1) is 5.56 Å². The highest BCUT2D eigenvalue weighted by Gasteiger charge is 2.12.